The van der Waals surface area contributed by atoms with Gasteiger partial charge in [-0.3, -0.25) is 4.79 Å². The third kappa shape index (κ3) is 6.22. The minimum atomic E-state index is -3.21. The predicted octanol–water partition coefficient (Wildman–Crippen LogP) is 3.73. The summed E-state index contributed by atoms with van der Waals surface area (Å²) < 4.78 is 28.5. The van der Waals surface area contributed by atoms with Crippen LogP contribution in [0.4, 0.5) is 11.4 Å². The van der Waals surface area contributed by atoms with E-state index in [0.717, 1.165) is 24.7 Å². The van der Waals surface area contributed by atoms with E-state index < -0.39 is 9.84 Å². The molecule has 1 heterocycles. The van der Waals surface area contributed by atoms with E-state index in [-0.39, 0.29) is 10.8 Å². The van der Waals surface area contributed by atoms with Gasteiger partial charge in [-0.15, -0.1) is 0 Å². The van der Waals surface area contributed by atoms with Crippen LogP contribution < -0.4 is 15.0 Å². The summed E-state index contributed by atoms with van der Waals surface area (Å²) in [7, 11) is -3.21. The Kier molecular flexibility index (Phi) is 6.79. The second-order valence-electron chi connectivity index (χ2n) is 7.63. The average molecular weight is 417 g/mol. The number of benzene rings is 2. The number of hydrogen-bond donors (Lipinski definition) is 1. The molecule has 2 aromatic carbocycles. The summed E-state index contributed by atoms with van der Waals surface area (Å²) in [4.78, 5) is 14.7. The Bertz CT molecular complexity index is 924. The fourth-order valence-electron chi connectivity index (χ4n) is 3.35. The number of nitrogens with one attached hydrogen (secondary N) is 1. The van der Waals surface area contributed by atoms with E-state index in [2.05, 4.69) is 29.3 Å². The summed E-state index contributed by atoms with van der Waals surface area (Å²) >= 11 is 0. The number of carbonyl (C=O) groups excluding carboxylic acids is 1. The monoisotopic (exact) mass is 416 g/mol. The minimum absolute atomic E-state index is 0.0523. The Morgan fingerprint density at radius 3 is 2.41 bits per heavy atom. The van der Waals surface area contributed by atoms with E-state index in [1.54, 1.807) is 12.1 Å². The standard InChI is InChI=1S/C22H28N2O4S/c1-17-13-14-24(16-17)19-7-5-18(6-8-19)23-22(25)4-3-15-28-20-9-11-21(12-10-20)29(2,26)27/h5-12,17H,3-4,13-16H2,1-2H3,(H,23,25). The van der Waals surface area contributed by atoms with Crippen LogP contribution in [0.3, 0.4) is 0 Å². The van der Waals surface area contributed by atoms with Gasteiger partial charge in [0.05, 0.1) is 11.5 Å². The highest BCUT2D eigenvalue weighted by Crippen LogP contribution is 2.24. The molecule has 1 atom stereocenters. The summed E-state index contributed by atoms with van der Waals surface area (Å²) in [5.41, 5.74) is 1.99. The van der Waals surface area contributed by atoms with Crippen LogP contribution >= 0.6 is 0 Å². The maximum absolute atomic E-state index is 12.1. The van der Waals surface area contributed by atoms with Gasteiger partial charge in [0.25, 0.3) is 0 Å². The number of hydrogen-bond acceptors (Lipinski definition) is 5. The first-order valence-electron chi connectivity index (χ1n) is 9.89. The molecule has 6 nitrogen and oxygen atoms in total. The Morgan fingerprint density at radius 1 is 1.14 bits per heavy atom. The van der Waals surface area contributed by atoms with Gasteiger partial charge in [0.15, 0.2) is 9.84 Å². The van der Waals surface area contributed by atoms with Gasteiger partial charge in [0.2, 0.25) is 5.91 Å². The van der Waals surface area contributed by atoms with Gasteiger partial charge >= 0.3 is 0 Å². The van der Waals surface area contributed by atoms with Gasteiger partial charge in [-0.05, 0) is 67.3 Å². The van der Waals surface area contributed by atoms with Gasteiger partial charge < -0.3 is 15.0 Å². The Balaban J connectivity index is 1.39. The molecule has 1 saturated heterocycles. The van der Waals surface area contributed by atoms with E-state index in [1.807, 2.05) is 12.1 Å². The smallest absolute Gasteiger partial charge is 0.224 e. The van der Waals surface area contributed by atoms with Crippen molar-refractivity contribution in [1.82, 2.24) is 0 Å². The number of carbonyl (C=O) groups is 1. The predicted molar refractivity (Wildman–Crippen MR) is 115 cm³/mol. The second kappa shape index (κ2) is 9.31. The quantitative estimate of drug-likeness (QED) is 0.664. The minimum Gasteiger partial charge on any atom is -0.494 e. The molecule has 1 aliphatic heterocycles. The highest BCUT2D eigenvalue weighted by Gasteiger charge is 2.18. The van der Waals surface area contributed by atoms with Gasteiger partial charge in [0.1, 0.15) is 5.75 Å². The summed E-state index contributed by atoms with van der Waals surface area (Å²) in [5, 5.41) is 2.91. The molecule has 1 amide bonds. The molecule has 0 saturated carbocycles. The molecule has 0 bridgehead atoms. The van der Waals surface area contributed by atoms with E-state index >= 15 is 0 Å². The van der Waals surface area contributed by atoms with E-state index in [0.29, 0.717) is 25.2 Å². The number of rotatable bonds is 8. The zero-order chi connectivity index (χ0) is 20.9. The summed E-state index contributed by atoms with van der Waals surface area (Å²) in [5.74, 6) is 1.27. The molecule has 3 rings (SSSR count). The van der Waals surface area contributed by atoms with Crippen molar-refractivity contribution in [2.24, 2.45) is 5.92 Å². The van der Waals surface area contributed by atoms with E-state index in [9.17, 15) is 13.2 Å². The Hall–Kier alpha value is -2.54. The largest absolute Gasteiger partial charge is 0.494 e. The number of ether oxygens (including phenoxy) is 1. The maximum atomic E-state index is 12.1. The maximum Gasteiger partial charge on any atom is 0.224 e. The molecule has 156 valence electrons. The van der Waals surface area contributed by atoms with Crippen molar-refractivity contribution in [3.63, 3.8) is 0 Å². The molecule has 1 N–H and O–H groups in total. The zero-order valence-electron chi connectivity index (χ0n) is 16.9. The lowest BCUT2D eigenvalue weighted by Gasteiger charge is -2.18. The van der Waals surface area contributed by atoms with Crippen molar-refractivity contribution in [2.75, 3.05) is 36.2 Å². The first kappa shape index (κ1) is 21.2. The SMILES string of the molecule is CC1CCN(c2ccc(NC(=O)CCCOc3ccc(S(C)(=O)=O)cc3)cc2)C1. The molecular weight excluding hydrogens is 388 g/mol. The fraction of sp³-hybridized carbons (Fsp3) is 0.409. The lowest BCUT2D eigenvalue weighted by Crippen LogP contribution is -2.19. The van der Waals surface area contributed by atoms with Crippen LogP contribution in [0.25, 0.3) is 0 Å². The van der Waals surface area contributed by atoms with Crippen LogP contribution in [0, 0.1) is 5.92 Å². The van der Waals surface area contributed by atoms with Gasteiger partial charge in [0, 0.05) is 37.1 Å². The molecule has 0 aromatic heterocycles. The van der Waals surface area contributed by atoms with Crippen molar-refractivity contribution >= 4 is 27.1 Å². The molecule has 0 spiro atoms. The molecule has 1 fully saturated rings. The van der Waals surface area contributed by atoms with Crippen LogP contribution in [-0.4, -0.2) is 40.3 Å². The van der Waals surface area contributed by atoms with Crippen molar-refractivity contribution in [3.8, 4) is 5.75 Å². The third-order valence-corrected chi connectivity index (χ3v) is 6.14. The van der Waals surface area contributed by atoms with Crippen LogP contribution in [0.1, 0.15) is 26.2 Å². The Morgan fingerprint density at radius 2 is 1.83 bits per heavy atom. The zero-order valence-corrected chi connectivity index (χ0v) is 17.7. The number of sulfone groups is 1. The summed E-state index contributed by atoms with van der Waals surface area (Å²) in [6.45, 7) is 4.83. The molecule has 0 radical (unpaired) electrons. The lowest BCUT2D eigenvalue weighted by atomic mass is 10.2. The lowest BCUT2D eigenvalue weighted by molar-refractivity contribution is -0.116. The number of nitrogens with zero attached hydrogens (tertiary/aromatic N) is 1. The summed E-state index contributed by atoms with van der Waals surface area (Å²) in [6.07, 6.45) is 3.32. The topological polar surface area (TPSA) is 75.7 Å². The van der Waals surface area contributed by atoms with Gasteiger partial charge in [-0.1, -0.05) is 6.92 Å². The molecular formula is C22H28N2O4S. The van der Waals surface area contributed by atoms with Crippen molar-refractivity contribution in [3.05, 3.63) is 48.5 Å². The highest BCUT2D eigenvalue weighted by atomic mass is 32.2. The average Bonchev–Trinajstić information content (AvgIpc) is 3.12. The van der Waals surface area contributed by atoms with Crippen LogP contribution in [0.15, 0.2) is 53.4 Å². The highest BCUT2D eigenvalue weighted by molar-refractivity contribution is 7.90. The van der Waals surface area contributed by atoms with E-state index in [4.69, 9.17) is 4.74 Å². The van der Waals surface area contributed by atoms with Gasteiger partial charge in [-0.2, -0.15) is 0 Å². The summed E-state index contributed by atoms with van der Waals surface area (Å²) in [6, 6.07) is 14.3. The van der Waals surface area contributed by atoms with Crippen molar-refractivity contribution in [2.45, 2.75) is 31.1 Å². The van der Waals surface area contributed by atoms with Gasteiger partial charge in [-0.25, -0.2) is 8.42 Å². The number of amides is 1. The first-order valence-corrected chi connectivity index (χ1v) is 11.8. The molecule has 7 heteroatoms. The molecule has 1 unspecified atom stereocenters. The first-order chi connectivity index (χ1) is 13.8. The fourth-order valence-corrected chi connectivity index (χ4v) is 3.98. The van der Waals surface area contributed by atoms with Crippen LogP contribution in [-0.2, 0) is 14.6 Å². The second-order valence-corrected chi connectivity index (χ2v) is 9.65. The molecule has 2 aromatic rings. The molecule has 1 aliphatic rings. The van der Waals surface area contributed by atoms with E-state index in [1.165, 1.54) is 30.5 Å². The van der Waals surface area contributed by atoms with Crippen LogP contribution in [0.5, 0.6) is 5.75 Å². The molecule has 29 heavy (non-hydrogen) atoms. The van der Waals surface area contributed by atoms with Crippen LogP contribution in [0.2, 0.25) is 0 Å². The van der Waals surface area contributed by atoms with Crippen molar-refractivity contribution < 1.29 is 17.9 Å². The Labute approximate surface area is 172 Å². The number of anilines is 2. The molecule has 0 aliphatic carbocycles. The third-order valence-electron chi connectivity index (χ3n) is 5.01. The van der Waals surface area contributed by atoms with Crippen molar-refractivity contribution in [1.29, 1.82) is 0 Å². The normalized spacial score (nSPS) is 16.6.